The van der Waals surface area contributed by atoms with Gasteiger partial charge in [0.25, 0.3) is 0 Å². The van der Waals surface area contributed by atoms with Crippen LogP contribution in [-0.4, -0.2) is 23.2 Å². The molecule has 0 atom stereocenters. The van der Waals surface area contributed by atoms with Gasteiger partial charge in [0.15, 0.2) is 0 Å². The van der Waals surface area contributed by atoms with Gasteiger partial charge in [-0.15, -0.1) is 0 Å². The minimum absolute atomic E-state index is 0.145. The third-order valence-corrected chi connectivity index (χ3v) is 4.70. The Labute approximate surface area is 110 Å². The molecule has 2 rings (SSSR count). The quantitative estimate of drug-likeness (QED) is 0.791. The van der Waals surface area contributed by atoms with Gasteiger partial charge in [-0.1, -0.05) is 26.7 Å². The van der Waals surface area contributed by atoms with Crippen LogP contribution >= 0.6 is 0 Å². The van der Waals surface area contributed by atoms with Crippen LogP contribution in [0, 0.1) is 11.3 Å². The first-order chi connectivity index (χ1) is 8.46. The summed E-state index contributed by atoms with van der Waals surface area (Å²) in [7, 11) is 0. The van der Waals surface area contributed by atoms with Crippen molar-refractivity contribution in [2.24, 2.45) is 11.3 Å². The van der Waals surface area contributed by atoms with E-state index in [0.29, 0.717) is 12.5 Å². The summed E-state index contributed by atoms with van der Waals surface area (Å²) in [6.45, 7) is 4.82. The summed E-state index contributed by atoms with van der Waals surface area (Å²) in [5.41, 5.74) is -0.748. The predicted molar refractivity (Wildman–Crippen MR) is 72.2 cm³/mol. The second-order valence-corrected chi connectivity index (χ2v) is 6.85. The van der Waals surface area contributed by atoms with Crippen LogP contribution < -0.4 is 5.32 Å². The molecule has 104 valence electrons. The van der Waals surface area contributed by atoms with Crippen molar-refractivity contribution in [1.29, 1.82) is 0 Å². The van der Waals surface area contributed by atoms with E-state index in [1.54, 1.807) is 0 Å². The molecule has 0 radical (unpaired) electrons. The maximum absolute atomic E-state index is 12.5. The monoisotopic (exact) mass is 253 g/mol. The van der Waals surface area contributed by atoms with Crippen LogP contribution in [0.3, 0.4) is 0 Å². The van der Waals surface area contributed by atoms with Crippen LogP contribution in [0.4, 0.5) is 0 Å². The molecule has 2 N–H and O–H groups in total. The van der Waals surface area contributed by atoms with E-state index < -0.39 is 5.60 Å². The van der Waals surface area contributed by atoms with E-state index in [4.69, 9.17) is 0 Å². The lowest BCUT2D eigenvalue weighted by Crippen LogP contribution is -2.51. The number of hydrogen-bond donors (Lipinski definition) is 2. The number of rotatable bonds is 5. The Kier molecular flexibility index (Phi) is 4.00. The number of amides is 1. The zero-order valence-corrected chi connectivity index (χ0v) is 11.8. The standard InChI is InChI=1S/C15H27NO2/c1-12(2)10-14(6-3-4-7-14)13(17)16-11-15(18)8-5-9-15/h12,18H,3-11H2,1-2H3,(H,16,17). The second kappa shape index (κ2) is 5.20. The van der Waals surface area contributed by atoms with E-state index in [9.17, 15) is 9.90 Å². The SMILES string of the molecule is CC(C)CC1(C(=O)NCC2(O)CCC2)CCCC1. The molecule has 2 aliphatic rings. The Morgan fingerprint density at radius 1 is 1.17 bits per heavy atom. The van der Waals surface area contributed by atoms with Crippen molar-refractivity contribution in [2.75, 3.05) is 6.54 Å². The summed E-state index contributed by atoms with van der Waals surface area (Å²) in [4.78, 5) is 12.5. The molecule has 3 nitrogen and oxygen atoms in total. The zero-order chi connectivity index (χ0) is 13.2. The highest BCUT2D eigenvalue weighted by molar-refractivity contribution is 5.83. The second-order valence-electron chi connectivity index (χ2n) is 6.85. The fourth-order valence-electron chi connectivity index (χ4n) is 3.55. The van der Waals surface area contributed by atoms with Gasteiger partial charge >= 0.3 is 0 Å². The van der Waals surface area contributed by atoms with Gasteiger partial charge in [0.2, 0.25) is 5.91 Å². The van der Waals surface area contributed by atoms with Crippen LogP contribution in [0.15, 0.2) is 0 Å². The minimum Gasteiger partial charge on any atom is -0.388 e. The molecule has 0 aromatic carbocycles. The molecule has 0 aliphatic heterocycles. The van der Waals surface area contributed by atoms with Crippen molar-refractivity contribution < 1.29 is 9.90 Å². The number of nitrogens with one attached hydrogen (secondary N) is 1. The summed E-state index contributed by atoms with van der Waals surface area (Å²) < 4.78 is 0. The van der Waals surface area contributed by atoms with E-state index in [2.05, 4.69) is 19.2 Å². The smallest absolute Gasteiger partial charge is 0.226 e. The molecule has 0 aromatic rings. The largest absolute Gasteiger partial charge is 0.388 e. The highest BCUT2D eigenvalue weighted by Crippen LogP contribution is 2.43. The minimum atomic E-state index is -0.604. The Morgan fingerprint density at radius 3 is 2.22 bits per heavy atom. The Hall–Kier alpha value is -0.570. The van der Waals surface area contributed by atoms with E-state index in [1.807, 2.05) is 0 Å². The predicted octanol–water partition coefficient (Wildman–Crippen LogP) is 2.62. The van der Waals surface area contributed by atoms with Crippen molar-refractivity contribution in [3.8, 4) is 0 Å². The molecular formula is C15H27NO2. The van der Waals surface area contributed by atoms with Gasteiger partial charge in [0.05, 0.1) is 5.60 Å². The molecule has 0 bridgehead atoms. The maximum Gasteiger partial charge on any atom is 0.226 e. The lowest BCUT2D eigenvalue weighted by atomic mass is 9.76. The van der Waals surface area contributed by atoms with E-state index in [1.165, 1.54) is 12.8 Å². The number of carbonyl (C=O) groups is 1. The van der Waals surface area contributed by atoms with Gasteiger partial charge in [-0.2, -0.15) is 0 Å². The molecule has 3 heteroatoms. The van der Waals surface area contributed by atoms with Gasteiger partial charge < -0.3 is 10.4 Å². The highest BCUT2D eigenvalue weighted by atomic mass is 16.3. The average Bonchev–Trinajstić information content (AvgIpc) is 2.72. The van der Waals surface area contributed by atoms with Crippen LogP contribution in [-0.2, 0) is 4.79 Å². The first-order valence-corrected chi connectivity index (χ1v) is 7.47. The lowest BCUT2D eigenvalue weighted by molar-refractivity contribution is -0.134. The fourth-order valence-corrected chi connectivity index (χ4v) is 3.55. The van der Waals surface area contributed by atoms with Crippen LogP contribution in [0.25, 0.3) is 0 Å². The third-order valence-electron chi connectivity index (χ3n) is 4.70. The van der Waals surface area contributed by atoms with Gasteiger partial charge in [0, 0.05) is 12.0 Å². The van der Waals surface area contributed by atoms with E-state index >= 15 is 0 Å². The molecule has 0 heterocycles. The van der Waals surface area contributed by atoms with E-state index in [0.717, 1.165) is 38.5 Å². The first-order valence-electron chi connectivity index (χ1n) is 7.47. The summed E-state index contributed by atoms with van der Waals surface area (Å²) >= 11 is 0. The van der Waals surface area contributed by atoms with Crippen LogP contribution in [0.1, 0.15) is 65.2 Å². The first kappa shape index (κ1) is 13.9. The third kappa shape index (κ3) is 2.87. The Bertz CT molecular complexity index is 302. The normalized spacial score (nSPS) is 24.9. The summed E-state index contributed by atoms with van der Waals surface area (Å²) in [5.74, 6) is 0.745. The number of hydrogen-bond acceptors (Lipinski definition) is 2. The molecule has 0 spiro atoms. The van der Waals surface area contributed by atoms with Crippen LogP contribution in [0.5, 0.6) is 0 Å². The van der Waals surface area contributed by atoms with Gasteiger partial charge in [-0.3, -0.25) is 4.79 Å². The van der Waals surface area contributed by atoms with Crippen LogP contribution in [0.2, 0.25) is 0 Å². The van der Waals surface area contributed by atoms with Crippen molar-refractivity contribution >= 4 is 5.91 Å². The van der Waals surface area contributed by atoms with Gasteiger partial charge in [-0.25, -0.2) is 0 Å². The molecule has 0 saturated heterocycles. The topological polar surface area (TPSA) is 49.3 Å². The molecule has 2 fully saturated rings. The average molecular weight is 253 g/mol. The zero-order valence-electron chi connectivity index (χ0n) is 11.8. The molecule has 2 aliphatic carbocycles. The van der Waals surface area contributed by atoms with Crippen molar-refractivity contribution in [2.45, 2.75) is 70.8 Å². The number of aliphatic hydroxyl groups is 1. The van der Waals surface area contributed by atoms with Gasteiger partial charge in [0.1, 0.15) is 0 Å². The molecular weight excluding hydrogens is 226 g/mol. The highest BCUT2D eigenvalue weighted by Gasteiger charge is 2.42. The Morgan fingerprint density at radius 2 is 1.78 bits per heavy atom. The molecule has 0 unspecified atom stereocenters. The fraction of sp³-hybridized carbons (Fsp3) is 0.933. The van der Waals surface area contributed by atoms with Crippen molar-refractivity contribution in [3.63, 3.8) is 0 Å². The summed E-state index contributed by atoms with van der Waals surface area (Å²) in [6, 6.07) is 0. The maximum atomic E-state index is 12.5. The van der Waals surface area contributed by atoms with Crippen molar-refractivity contribution in [1.82, 2.24) is 5.32 Å². The summed E-state index contributed by atoms with van der Waals surface area (Å²) in [5, 5.41) is 13.1. The number of carbonyl (C=O) groups excluding carboxylic acids is 1. The van der Waals surface area contributed by atoms with Crippen molar-refractivity contribution in [3.05, 3.63) is 0 Å². The van der Waals surface area contributed by atoms with Gasteiger partial charge in [-0.05, 0) is 44.4 Å². The molecule has 18 heavy (non-hydrogen) atoms. The Balaban J connectivity index is 1.91. The lowest BCUT2D eigenvalue weighted by Gasteiger charge is -2.38. The van der Waals surface area contributed by atoms with E-state index in [-0.39, 0.29) is 11.3 Å². The summed E-state index contributed by atoms with van der Waals surface area (Å²) in [6.07, 6.45) is 8.13. The molecule has 0 aromatic heterocycles. The molecule has 1 amide bonds. The molecule has 2 saturated carbocycles.